The number of alkyl halides is 3. The van der Waals surface area contributed by atoms with Crippen LogP contribution in [0.15, 0.2) is 36.4 Å². The van der Waals surface area contributed by atoms with Gasteiger partial charge in [-0.05, 0) is 43.2 Å². The van der Waals surface area contributed by atoms with E-state index in [0.717, 1.165) is 0 Å². The molecule has 1 aliphatic heterocycles. The standard InChI is InChI=1S/C22H26F3N3O3/c1-15-5-4-6-18(16(15)2)27-9-11-28(12-10-27)21(29)26-17-7-8-19(30-3)20(13-17)31-14-22(23,24)25/h4-8,13H,9-12,14H2,1-3H3,(H,26,29). The molecule has 0 bridgehead atoms. The Balaban J connectivity index is 1.61. The van der Waals surface area contributed by atoms with Crippen LogP contribution in [0.3, 0.4) is 0 Å². The second-order valence-corrected chi connectivity index (χ2v) is 7.39. The van der Waals surface area contributed by atoms with Crippen LogP contribution in [0.2, 0.25) is 0 Å². The van der Waals surface area contributed by atoms with Gasteiger partial charge in [-0.15, -0.1) is 0 Å². The third-order valence-electron chi connectivity index (χ3n) is 5.29. The molecule has 3 rings (SSSR count). The van der Waals surface area contributed by atoms with Crippen molar-refractivity contribution in [3.8, 4) is 11.5 Å². The van der Waals surface area contributed by atoms with Gasteiger partial charge in [0.25, 0.3) is 0 Å². The maximum Gasteiger partial charge on any atom is 0.422 e. The molecule has 2 amide bonds. The topological polar surface area (TPSA) is 54.0 Å². The summed E-state index contributed by atoms with van der Waals surface area (Å²) >= 11 is 0. The lowest BCUT2D eigenvalue weighted by molar-refractivity contribution is -0.153. The number of anilines is 2. The smallest absolute Gasteiger partial charge is 0.422 e. The highest BCUT2D eigenvalue weighted by molar-refractivity contribution is 5.90. The summed E-state index contributed by atoms with van der Waals surface area (Å²) in [7, 11) is 1.34. The van der Waals surface area contributed by atoms with Crippen molar-refractivity contribution in [1.29, 1.82) is 0 Å². The number of carbonyl (C=O) groups excluding carboxylic acids is 1. The number of methoxy groups -OCH3 is 1. The summed E-state index contributed by atoms with van der Waals surface area (Å²) in [5, 5.41) is 2.73. The van der Waals surface area contributed by atoms with Gasteiger partial charge in [0, 0.05) is 43.6 Å². The fourth-order valence-corrected chi connectivity index (χ4v) is 3.46. The number of halogens is 3. The van der Waals surface area contributed by atoms with E-state index >= 15 is 0 Å². The number of carbonyl (C=O) groups is 1. The summed E-state index contributed by atoms with van der Waals surface area (Å²) in [5.41, 5.74) is 3.95. The van der Waals surface area contributed by atoms with Crippen LogP contribution in [0.1, 0.15) is 11.1 Å². The van der Waals surface area contributed by atoms with Crippen LogP contribution in [0.4, 0.5) is 29.3 Å². The maximum atomic E-state index is 12.7. The number of piperazine rings is 1. The Kier molecular flexibility index (Phi) is 6.82. The second kappa shape index (κ2) is 9.36. The van der Waals surface area contributed by atoms with Gasteiger partial charge in [0.1, 0.15) is 0 Å². The summed E-state index contributed by atoms with van der Waals surface area (Å²) < 4.78 is 47.3. The summed E-state index contributed by atoms with van der Waals surface area (Å²) in [6, 6.07) is 10.2. The fourth-order valence-electron chi connectivity index (χ4n) is 3.46. The first-order chi connectivity index (χ1) is 14.7. The molecule has 2 aromatic carbocycles. The van der Waals surface area contributed by atoms with Crippen molar-refractivity contribution >= 4 is 17.4 Å². The Morgan fingerprint density at radius 3 is 2.42 bits per heavy atom. The molecule has 9 heteroatoms. The van der Waals surface area contributed by atoms with Crippen LogP contribution in [0.25, 0.3) is 0 Å². The molecule has 1 aliphatic rings. The molecule has 0 unspecified atom stereocenters. The molecule has 0 saturated carbocycles. The van der Waals surface area contributed by atoms with Crippen molar-refractivity contribution in [2.45, 2.75) is 20.0 Å². The van der Waals surface area contributed by atoms with E-state index in [1.54, 1.807) is 11.0 Å². The number of hydrogen-bond acceptors (Lipinski definition) is 4. The number of ether oxygens (including phenoxy) is 2. The first kappa shape index (κ1) is 22.6. The third-order valence-corrected chi connectivity index (χ3v) is 5.29. The molecule has 2 aromatic rings. The normalized spacial score (nSPS) is 14.4. The molecule has 31 heavy (non-hydrogen) atoms. The minimum atomic E-state index is -4.47. The van der Waals surface area contributed by atoms with Gasteiger partial charge in [0.2, 0.25) is 0 Å². The Morgan fingerprint density at radius 1 is 1.06 bits per heavy atom. The largest absolute Gasteiger partial charge is 0.493 e. The van der Waals surface area contributed by atoms with Crippen LogP contribution in [0.5, 0.6) is 11.5 Å². The van der Waals surface area contributed by atoms with Crippen molar-refractivity contribution in [2.24, 2.45) is 0 Å². The van der Waals surface area contributed by atoms with Crippen molar-refractivity contribution in [3.05, 3.63) is 47.5 Å². The number of benzene rings is 2. The lowest BCUT2D eigenvalue weighted by Gasteiger charge is -2.37. The highest BCUT2D eigenvalue weighted by Gasteiger charge is 2.29. The first-order valence-electron chi connectivity index (χ1n) is 9.92. The highest BCUT2D eigenvalue weighted by atomic mass is 19.4. The number of nitrogens with one attached hydrogen (secondary N) is 1. The van der Waals surface area contributed by atoms with Crippen molar-refractivity contribution in [3.63, 3.8) is 0 Å². The van der Waals surface area contributed by atoms with Gasteiger partial charge < -0.3 is 24.6 Å². The lowest BCUT2D eigenvalue weighted by Crippen LogP contribution is -2.50. The molecule has 0 radical (unpaired) electrons. The van der Waals surface area contributed by atoms with Gasteiger partial charge in [-0.3, -0.25) is 0 Å². The molecule has 168 valence electrons. The monoisotopic (exact) mass is 437 g/mol. The molecule has 1 heterocycles. The van der Waals surface area contributed by atoms with Gasteiger partial charge in [-0.2, -0.15) is 13.2 Å². The van der Waals surface area contributed by atoms with E-state index in [-0.39, 0.29) is 17.5 Å². The average Bonchev–Trinajstić information content (AvgIpc) is 2.74. The van der Waals surface area contributed by atoms with E-state index in [2.05, 4.69) is 36.2 Å². The SMILES string of the molecule is COc1ccc(NC(=O)N2CCN(c3cccc(C)c3C)CC2)cc1OCC(F)(F)F. The highest BCUT2D eigenvalue weighted by Crippen LogP contribution is 2.32. The Bertz CT molecular complexity index is 926. The predicted octanol–water partition coefficient (Wildman–Crippen LogP) is 4.61. The van der Waals surface area contributed by atoms with E-state index in [1.807, 2.05) is 6.07 Å². The van der Waals surface area contributed by atoms with Gasteiger partial charge in [-0.25, -0.2) is 4.79 Å². The quantitative estimate of drug-likeness (QED) is 0.743. The molecule has 0 aliphatic carbocycles. The second-order valence-electron chi connectivity index (χ2n) is 7.39. The Morgan fingerprint density at radius 2 is 1.77 bits per heavy atom. The fraction of sp³-hybridized carbons (Fsp3) is 0.409. The number of hydrogen-bond donors (Lipinski definition) is 1. The summed E-state index contributed by atoms with van der Waals surface area (Å²) in [4.78, 5) is 16.6. The zero-order chi connectivity index (χ0) is 22.6. The van der Waals surface area contributed by atoms with Crippen LogP contribution < -0.4 is 19.7 Å². The predicted molar refractivity (Wildman–Crippen MR) is 113 cm³/mol. The van der Waals surface area contributed by atoms with Crippen LogP contribution in [0, 0.1) is 13.8 Å². The molecular formula is C22H26F3N3O3. The zero-order valence-electron chi connectivity index (χ0n) is 17.8. The van der Waals surface area contributed by atoms with Gasteiger partial charge in [0.05, 0.1) is 7.11 Å². The molecule has 0 aromatic heterocycles. The number of urea groups is 1. The summed E-state index contributed by atoms with van der Waals surface area (Å²) in [6.45, 7) is 5.18. The lowest BCUT2D eigenvalue weighted by atomic mass is 10.1. The van der Waals surface area contributed by atoms with Gasteiger partial charge in [-0.1, -0.05) is 12.1 Å². The molecule has 6 nitrogen and oxygen atoms in total. The van der Waals surface area contributed by atoms with Crippen LogP contribution in [-0.4, -0.2) is 57.0 Å². The van der Waals surface area contributed by atoms with Gasteiger partial charge in [0.15, 0.2) is 18.1 Å². The number of rotatable bonds is 5. The summed E-state index contributed by atoms with van der Waals surface area (Å²) in [6.07, 6.45) is -4.47. The first-order valence-corrected chi connectivity index (χ1v) is 9.92. The minimum Gasteiger partial charge on any atom is -0.493 e. The maximum absolute atomic E-state index is 12.7. The molecule has 1 N–H and O–H groups in total. The number of aryl methyl sites for hydroxylation is 1. The number of amides is 2. The van der Waals surface area contributed by atoms with Crippen LogP contribution in [-0.2, 0) is 0 Å². The van der Waals surface area contributed by atoms with Gasteiger partial charge >= 0.3 is 12.2 Å². The third kappa shape index (κ3) is 5.74. The van der Waals surface area contributed by atoms with E-state index in [9.17, 15) is 18.0 Å². The molecule has 0 spiro atoms. The van der Waals surface area contributed by atoms with E-state index < -0.39 is 12.8 Å². The van der Waals surface area contributed by atoms with Crippen molar-refractivity contribution < 1.29 is 27.4 Å². The Labute approximate surface area is 179 Å². The van der Waals surface area contributed by atoms with Crippen molar-refractivity contribution in [2.75, 3.05) is 50.1 Å². The number of nitrogens with zero attached hydrogens (tertiary/aromatic N) is 2. The average molecular weight is 437 g/mol. The summed E-state index contributed by atoms with van der Waals surface area (Å²) in [5.74, 6) is 0.0711. The Hall–Kier alpha value is -3.10. The van der Waals surface area contributed by atoms with E-state index in [0.29, 0.717) is 31.9 Å². The molecule has 0 atom stereocenters. The van der Waals surface area contributed by atoms with Crippen molar-refractivity contribution in [1.82, 2.24) is 4.90 Å². The molecule has 1 fully saturated rings. The minimum absolute atomic E-state index is 0.0858. The molecular weight excluding hydrogens is 411 g/mol. The van der Waals surface area contributed by atoms with E-state index in [1.165, 1.54) is 36.1 Å². The molecule has 1 saturated heterocycles. The van der Waals surface area contributed by atoms with E-state index in [4.69, 9.17) is 9.47 Å². The van der Waals surface area contributed by atoms with Crippen LogP contribution >= 0.6 is 0 Å². The zero-order valence-corrected chi connectivity index (χ0v) is 17.8.